The fraction of sp³-hybridized carbons (Fsp3) is 0.276. The molecule has 0 spiro atoms. The number of hydrogen-bond acceptors (Lipinski definition) is 6. The van der Waals surface area contributed by atoms with Crippen molar-refractivity contribution in [1.29, 1.82) is 0 Å². The predicted molar refractivity (Wildman–Crippen MR) is 146 cm³/mol. The Morgan fingerprint density at radius 3 is 2.12 bits per heavy atom. The van der Waals surface area contributed by atoms with E-state index < -0.39 is 23.7 Å². The Kier molecular flexibility index (Phi) is 9.47. The lowest BCUT2D eigenvalue weighted by Gasteiger charge is -2.13. The Balaban J connectivity index is 0.00000441. The number of hydrogen-bond donors (Lipinski definition) is 0. The molecule has 7 nitrogen and oxygen atoms in total. The molecule has 0 N–H and O–H groups in total. The average molecular weight is 577 g/mol. The van der Waals surface area contributed by atoms with Gasteiger partial charge in [-0.2, -0.15) is 13.2 Å². The first-order valence-corrected chi connectivity index (χ1v) is 12.4. The highest BCUT2D eigenvalue weighted by Gasteiger charge is 2.32. The van der Waals surface area contributed by atoms with Crippen molar-refractivity contribution in [2.24, 2.45) is 0 Å². The van der Waals surface area contributed by atoms with Crippen LogP contribution in [0.2, 0.25) is 0 Å². The number of alkyl halides is 3. The molecular weight excluding hydrogens is 549 g/mol. The van der Waals surface area contributed by atoms with Crippen molar-refractivity contribution in [2.75, 3.05) is 13.2 Å². The SMILES string of the molecule is CCOC(=O)c1c(C(=O)OCC)n(-c2ccc(OC(C)C)cc2)c2ccc(-c3ccc(C(F)(F)F)cn3)cc12.Cl. The number of pyridine rings is 1. The number of carbonyl (C=O) groups is 2. The van der Waals surface area contributed by atoms with Gasteiger partial charge in [0.15, 0.2) is 0 Å². The molecule has 4 aromatic rings. The molecule has 11 heteroatoms. The van der Waals surface area contributed by atoms with Crippen LogP contribution >= 0.6 is 12.4 Å². The van der Waals surface area contributed by atoms with Gasteiger partial charge in [0.2, 0.25) is 0 Å². The smallest absolute Gasteiger partial charge is 0.417 e. The summed E-state index contributed by atoms with van der Waals surface area (Å²) in [4.78, 5) is 30.4. The van der Waals surface area contributed by atoms with Crippen molar-refractivity contribution < 1.29 is 37.0 Å². The molecular formula is C29H28ClF3N2O5. The van der Waals surface area contributed by atoms with Crippen LogP contribution in [0.5, 0.6) is 5.75 Å². The Bertz CT molecular complexity index is 1500. The number of nitrogens with zero attached hydrogens (tertiary/aromatic N) is 2. The van der Waals surface area contributed by atoms with Crippen molar-refractivity contribution >= 4 is 35.2 Å². The third-order valence-electron chi connectivity index (χ3n) is 5.77. The first-order chi connectivity index (χ1) is 18.5. The first-order valence-electron chi connectivity index (χ1n) is 12.4. The topological polar surface area (TPSA) is 79.7 Å². The molecule has 0 amide bonds. The highest BCUT2D eigenvalue weighted by molar-refractivity contribution is 6.14. The Morgan fingerprint density at radius 1 is 0.925 bits per heavy atom. The molecule has 0 saturated heterocycles. The summed E-state index contributed by atoms with van der Waals surface area (Å²) in [6.07, 6.45) is -3.80. The van der Waals surface area contributed by atoms with E-state index in [1.807, 2.05) is 13.8 Å². The minimum absolute atomic E-state index is 0. The minimum Gasteiger partial charge on any atom is -0.491 e. The largest absolute Gasteiger partial charge is 0.491 e. The van der Waals surface area contributed by atoms with Crippen LogP contribution in [0.3, 0.4) is 0 Å². The molecule has 0 radical (unpaired) electrons. The van der Waals surface area contributed by atoms with Crippen molar-refractivity contribution in [2.45, 2.75) is 40.0 Å². The summed E-state index contributed by atoms with van der Waals surface area (Å²) in [6.45, 7) is 7.25. The Labute approximate surface area is 235 Å². The van der Waals surface area contributed by atoms with Crippen molar-refractivity contribution in [3.8, 4) is 22.7 Å². The van der Waals surface area contributed by atoms with E-state index in [2.05, 4.69) is 4.98 Å². The Morgan fingerprint density at radius 2 is 1.57 bits per heavy atom. The van der Waals surface area contributed by atoms with Gasteiger partial charge in [0.05, 0.1) is 36.1 Å². The molecule has 0 aliphatic heterocycles. The molecule has 0 unspecified atom stereocenters. The van der Waals surface area contributed by atoms with Gasteiger partial charge in [-0.15, -0.1) is 12.4 Å². The second kappa shape index (κ2) is 12.4. The third kappa shape index (κ3) is 6.22. The summed E-state index contributed by atoms with van der Waals surface area (Å²) >= 11 is 0. The van der Waals surface area contributed by atoms with E-state index in [0.29, 0.717) is 27.9 Å². The maximum absolute atomic E-state index is 13.2. The number of halogens is 4. The average Bonchev–Trinajstić information content (AvgIpc) is 3.23. The van der Waals surface area contributed by atoms with Gasteiger partial charge in [-0.3, -0.25) is 4.98 Å². The van der Waals surface area contributed by atoms with E-state index in [4.69, 9.17) is 14.2 Å². The van der Waals surface area contributed by atoms with Gasteiger partial charge in [-0.05, 0) is 76.2 Å². The fourth-order valence-electron chi connectivity index (χ4n) is 4.20. The molecule has 0 atom stereocenters. The van der Waals surface area contributed by atoms with Crippen LogP contribution < -0.4 is 4.74 Å². The molecule has 0 saturated carbocycles. The normalized spacial score (nSPS) is 11.3. The van der Waals surface area contributed by atoms with E-state index in [1.165, 1.54) is 6.07 Å². The summed E-state index contributed by atoms with van der Waals surface area (Å²) < 4.78 is 57.0. The van der Waals surface area contributed by atoms with Crippen LogP contribution in [0.15, 0.2) is 60.8 Å². The standard InChI is InChI=1S/C29H27F3N2O5.ClH/c1-5-37-27(35)25-22-15-18(23-13-8-19(16-33-23)29(30,31)32)7-14-24(22)34(26(25)28(36)38-6-2)20-9-11-21(12-10-20)39-17(3)4;/h7-17H,5-6H2,1-4H3;1H. The Hall–Kier alpha value is -4.05. The monoisotopic (exact) mass is 576 g/mol. The van der Waals surface area contributed by atoms with Crippen molar-refractivity contribution in [3.05, 3.63) is 77.6 Å². The zero-order valence-corrected chi connectivity index (χ0v) is 23.1. The van der Waals surface area contributed by atoms with Gasteiger partial charge in [0.1, 0.15) is 17.0 Å². The lowest BCUT2D eigenvalue weighted by Crippen LogP contribution is -2.16. The number of rotatable bonds is 8. The van der Waals surface area contributed by atoms with E-state index in [-0.39, 0.29) is 48.7 Å². The zero-order chi connectivity index (χ0) is 28.3. The van der Waals surface area contributed by atoms with Crippen LogP contribution in [-0.2, 0) is 15.7 Å². The molecule has 40 heavy (non-hydrogen) atoms. The molecule has 2 aromatic heterocycles. The van der Waals surface area contributed by atoms with Gasteiger partial charge < -0.3 is 18.8 Å². The molecule has 0 aliphatic rings. The van der Waals surface area contributed by atoms with Crippen LogP contribution in [0.25, 0.3) is 27.8 Å². The number of ether oxygens (including phenoxy) is 3. The number of aromatic nitrogens is 2. The minimum atomic E-state index is -4.52. The maximum Gasteiger partial charge on any atom is 0.417 e. The van der Waals surface area contributed by atoms with Gasteiger partial charge in [-0.1, -0.05) is 6.07 Å². The van der Waals surface area contributed by atoms with E-state index in [1.54, 1.807) is 60.9 Å². The highest BCUT2D eigenvalue weighted by Crippen LogP contribution is 2.35. The molecule has 0 bridgehead atoms. The van der Waals surface area contributed by atoms with E-state index in [0.717, 1.165) is 12.3 Å². The first kappa shape index (κ1) is 30.5. The van der Waals surface area contributed by atoms with Gasteiger partial charge in [0.25, 0.3) is 0 Å². The quantitative estimate of drug-likeness (QED) is 0.205. The van der Waals surface area contributed by atoms with E-state index >= 15 is 0 Å². The number of esters is 2. The molecule has 0 aliphatic carbocycles. The van der Waals surface area contributed by atoms with Crippen LogP contribution in [-0.4, -0.2) is 40.8 Å². The number of benzene rings is 2. The number of carbonyl (C=O) groups excluding carboxylic acids is 2. The predicted octanol–water partition coefficient (Wildman–Crippen LogP) is 7.27. The summed E-state index contributed by atoms with van der Waals surface area (Å²) in [5.41, 5.74) is 0.863. The van der Waals surface area contributed by atoms with Crippen LogP contribution in [0.4, 0.5) is 13.2 Å². The summed E-state index contributed by atoms with van der Waals surface area (Å²) in [6, 6.07) is 14.1. The lowest BCUT2D eigenvalue weighted by atomic mass is 10.0. The second-order valence-corrected chi connectivity index (χ2v) is 8.82. The van der Waals surface area contributed by atoms with Crippen molar-refractivity contribution in [1.82, 2.24) is 9.55 Å². The van der Waals surface area contributed by atoms with Gasteiger partial charge in [0, 0.05) is 22.8 Å². The zero-order valence-electron chi connectivity index (χ0n) is 22.2. The van der Waals surface area contributed by atoms with Gasteiger partial charge >= 0.3 is 18.1 Å². The molecule has 4 rings (SSSR count). The summed E-state index contributed by atoms with van der Waals surface area (Å²) in [5, 5.41) is 0.359. The second-order valence-electron chi connectivity index (χ2n) is 8.82. The molecule has 2 aromatic carbocycles. The van der Waals surface area contributed by atoms with Crippen LogP contribution in [0, 0.1) is 0 Å². The molecule has 212 valence electrons. The number of fused-ring (bicyclic) bond motifs is 1. The van der Waals surface area contributed by atoms with Crippen molar-refractivity contribution in [3.63, 3.8) is 0 Å². The lowest BCUT2D eigenvalue weighted by molar-refractivity contribution is -0.137. The summed E-state index contributed by atoms with van der Waals surface area (Å²) in [7, 11) is 0. The molecule has 2 heterocycles. The molecule has 0 fully saturated rings. The third-order valence-corrected chi connectivity index (χ3v) is 5.77. The highest BCUT2D eigenvalue weighted by atomic mass is 35.5. The maximum atomic E-state index is 13.2. The fourth-order valence-corrected chi connectivity index (χ4v) is 4.20. The van der Waals surface area contributed by atoms with Gasteiger partial charge in [-0.25, -0.2) is 9.59 Å². The summed E-state index contributed by atoms with van der Waals surface area (Å²) in [5.74, 6) is -0.834. The van der Waals surface area contributed by atoms with E-state index in [9.17, 15) is 22.8 Å². The van der Waals surface area contributed by atoms with Crippen LogP contribution in [0.1, 0.15) is 54.1 Å².